The van der Waals surface area contributed by atoms with Gasteiger partial charge in [0, 0.05) is 17.2 Å². The molecule has 0 spiro atoms. The molecule has 124 valence electrons. The zero-order valence-electron chi connectivity index (χ0n) is 12.8. The Morgan fingerprint density at radius 1 is 1.29 bits per heavy atom. The van der Waals surface area contributed by atoms with Gasteiger partial charge in [-0.2, -0.15) is 4.99 Å². The van der Waals surface area contributed by atoms with E-state index in [4.69, 9.17) is 16.3 Å². The largest absolute Gasteiger partial charge is 0.383 e. The van der Waals surface area contributed by atoms with Gasteiger partial charge in [-0.15, -0.1) is 0 Å². The number of carbonyl (C=O) groups is 1. The minimum absolute atomic E-state index is 0.256. The Labute approximate surface area is 161 Å². The molecule has 1 heterocycles. The average molecular weight is 473 g/mol. The number of benzene rings is 2. The normalized spacial score (nSPS) is 12.0. The summed E-state index contributed by atoms with van der Waals surface area (Å²) >= 11 is 9.94. The molecule has 1 amide bonds. The fraction of sp³-hybridized carbons (Fsp3) is 0.176. The van der Waals surface area contributed by atoms with Crippen LogP contribution in [0, 0.1) is 3.57 Å². The second-order valence-electron chi connectivity index (χ2n) is 5.01. The Bertz CT molecular complexity index is 965. The monoisotopic (exact) mass is 472 g/mol. The average Bonchev–Trinajstić information content (AvgIpc) is 2.91. The van der Waals surface area contributed by atoms with Crippen LogP contribution >= 0.6 is 45.5 Å². The zero-order chi connectivity index (χ0) is 17.1. The molecule has 0 aliphatic rings. The molecule has 24 heavy (non-hydrogen) atoms. The van der Waals surface area contributed by atoms with E-state index in [9.17, 15) is 4.79 Å². The van der Waals surface area contributed by atoms with Crippen molar-refractivity contribution in [3.63, 3.8) is 0 Å². The highest BCUT2D eigenvalue weighted by Gasteiger charge is 2.12. The third-order valence-electron chi connectivity index (χ3n) is 3.47. The number of methoxy groups -OCH3 is 1. The first-order valence-corrected chi connectivity index (χ1v) is 9.49. The molecule has 2 aromatic carbocycles. The molecule has 3 rings (SSSR count). The van der Waals surface area contributed by atoms with E-state index in [1.165, 1.54) is 11.3 Å². The zero-order valence-corrected chi connectivity index (χ0v) is 16.6. The van der Waals surface area contributed by atoms with E-state index in [0.29, 0.717) is 28.5 Å². The van der Waals surface area contributed by atoms with Gasteiger partial charge in [-0.1, -0.05) is 41.1 Å². The summed E-state index contributed by atoms with van der Waals surface area (Å²) in [6.45, 7) is 1.10. The lowest BCUT2D eigenvalue weighted by Crippen LogP contribution is -2.19. The number of halogens is 2. The summed E-state index contributed by atoms with van der Waals surface area (Å²) in [5, 5.41) is 0.642. The van der Waals surface area contributed by atoms with Crippen molar-refractivity contribution in [2.75, 3.05) is 13.7 Å². The van der Waals surface area contributed by atoms with E-state index in [1.807, 2.05) is 41.0 Å². The van der Waals surface area contributed by atoms with Gasteiger partial charge in [-0.05, 0) is 46.9 Å². The second-order valence-corrected chi connectivity index (χ2v) is 7.59. The van der Waals surface area contributed by atoms with Crippen LogP contribution in [0.25, 0.3) is 10.2 Å². The van der Waals surface area contributed by atoms with Gasteiger partial charge < -0.3 is 9.30 Å². The van der Waals surface area contributed by atoms with Crippen LogP contribution in [0.4, 0.5) is 0 Å². The van der Waals surface area contributed by atoms with Crippen LogP contribution in [0.5, 0.6) is 0 Å². The SMILES string of the molecule is COCCn1c(=NC(=O)c2ccccc2I)sc2cccc(Cl)c21. The molecule has 0 saturated heterocycles. The van der Waals surface area contributed by atoms with Crippen LogP contribution in [-0.2, 0) is 11.3 Å². The summed E-state index contributed by atoms with van der Waals surface area (Å²) in [5.41, 5.74) is 1.48. The second kappa shape index (κ2) is 7.77. The highest BCUT2D eigenvalue weighted by Crippen LogP contribution is 2.25. The predicted molar refractivity (Wildman–Crippen MR) is 106 cm³/mol. The summed E-state index contributed by atoms with van der Waals surface area (Å²) < 4.78 is 9.00. The maximum absolute atomic E-state index is 12.6. The number of thiazole rings is 1. The van der Waals surface area contributed by atoms with Crippen molar-refractivity contribution in [2.45, 2.75) is 6.54 Å². The molecule has 0 saturated carbocycles. The third-order valence-corrected chi connectivity index (χ3v) is 5.76. The van der Waals surface area contributed by atoms with Crippen molar-refractivity contribution in [1.29, 1.82) is 0 Å². The Morgan fingerprint density at radius 3 is 2.83 bits per heavy atom. The van der Waals surface area contributed by atoms with Crippen molar-refractivity contribution in [1.82, 2.24) is 4.57 Å². The van der Waals surface area contributed by atoms with Crippen LogP contribution in [0.15, 0.2) is 47.5 Å². The van der Waals surface area contributed by atoms with Gasteiger partial charge in [0.25, 0.3) is 5.91 Å². The molecular weight excluding hydrogens is 459 g/mol. The lowest BCUT2D eigenvalue weighted by molar-refractivity contribution is 0.0996. The Balaban J connectivity index is 2.16. The van der Waals surface area contributed by atoms with Gasteiger partial charge >= 0.3 is 0 Å². The van der Waals surface area contributed by atoms with E-state index >= 15 is 0 Å². The molecule has 0 aliphatic heterocycles. The van der Waals surface area contributed by atoms with E-state index in [0.717, 1.165) is 13.8 Å². The summed E-state index contributed by atoms with van der Waals surface area (Å²) in [5.74, 6) is -0.256. The highest BCUT2D eigenvalue weighted by atomic mass is 127. The lowest BCUT2D eigenvalue weighted by atomic mass is 10.2. The van der Waals surface area contributed by atoms with E-state index in [2.05, 4.69) is 27.6 Å². The molecule has 0 unspecified atom stereocenters. The van der Waals surface area contributed by atoms with Gasteiger partial charge in [0.2, 0.25) is 0 Å². The predicted octanol–water partition coefficient (Wildman–Crippen LogP) is 4.35. The van der Waals surface area contributed by atoms with Gasteiger partial charge in [-0.3, -0.25) is 4.79 Å². The number of ether oxygens (including phenoxy) is 1. The minimum Gasteiger partial charge on any atom is -0.383 e. The molecule has 0 radical (unpaired) electrons. The quantitative estimate of drug-likeness (QED) is 0.530. The molecule has 4 nitrogen and oxygen atoms in total. The number of nitrogens with zero attached hydrogens (tertiary/aromatic N) is 2. The third kappa shape index (κ3) is 3.56. The number of aromatic nitrogens is 1. The summed E-state index contributed by atoms with van der Waals surface area (Å²) in [6.07, 6.45) is 0. The lowest BCUT2D eigenvalue weighted by Gasteiger charge is -2.05. The topological polar surface area (TPSA) is 43.6 Å². The summed E-state index contributed by atoms with van der Waals surface area (Å²) in [4.78, 5) is 17.6. The van der Waals surface area contributed by atoms with Crippen LogP contribution < -0.4 is 4.80 Å². The van der Waals surface area contributed by atoms with Crippen molar-refractivity contribution < 1.29 is 9.53 Å². The molecule has 0 aliphatic carbocycles. The van der Waals surface area contributed by atoms with Crippen molar-refractivity contribution in [2.24, 2.45) is 4.99 Å². The Hall–Kier alpha value is -1.22. The maximum atomic E-state index is 12.6. The molecular formula is C17H14ClIN2O2S. The van der Waals surface area contributed by atoms with E-state index in [1.54, 1.807) is 13.2 Å². The summed E-state index contributed by atoms with van der Waals surface area (Å²) in [6, 6.07) is 13.1. The highest BCUT2D eigenvalue weighted by molar-refractivity contribution is 14.1. The first kappa shape index (κ1) is 17.6. The number of hydrogen-bond donors (Lipinski definition) is 0. The fourth-order valence-electron chi connectivity index (χ4n) is 2.34. The van der Waals surface area contributed by atoms with Gasteiger partial charge in [0.15, 0.2) is 4.80 Å². The minimum atomic E-state index is -0.256. The molecule has 0 N–H and O–H groups in total. The summed E-state index contributed by atoms with van der Waals surface area (Å²) in [7, 11) is 1.64. The smallest absolute Gasteiger partial charge is 0.280 e. The molecule has 1 aromatic heterocycles. The van der Waals surface area contributed by atoms with Crippen molar-refractivity contribution in [3.8, 4) is 0 Å². The molecule has 0 fully saturated rings. The number of carbonyl (C=O) groups excluding carboxylic acids is 1. The van der Waals surface area contributed by atoms with Gasteiger partial charge in [0.05, 0.1) is 27.4 Å². The standard InChI is InChI=1S/C17H14ClIN2O2S/c1-23-10-9-21-15-12(18)6-4-8-14(15)24-17(21)20-16(22)11-5-2-3-7-13(11)19/h2-8H,9-10H2,1H3. The molecule has 7 heteroatoms. The molecule has 0 bridgehead atoms. The molecule has 3 aromatic rings. The fourth-order valence-corrected chi connectivity index (χ4v) is 4.38. The van der Waals surface area contributed by atoms with Crippen LogP contribution in [-0.4, -0.2) is 24.2 Å². The Kier molecular flexibility index (Phi) is 5.70. The Morgan fingerprint density at radius 2 is 2.08 bits per heavy atom. The molecule has 0 atom stereocenters. The van der Waals surface area contributed by atoms with Crippen LogP contribution in [0.1, 0.15) is 10.4 Å². The first-order chi connectivity index (χ1) is 11.6. The van der Waals surface area contributed by atoms with Crippen LogP contribution in [0.3, 0.4) is 0 Å². The van der Waals surface area contributed by atoms with Crippen molar-refractivity contribution in [3.05, 3.63) is 61.4 Å². The maximum Gasteiger partial charge on any atom is 0.280 e. The van der Waals surface area contributed by atoms with Gasteiger partial charge in [-0.25, -0.2) is 0 Å². The number of hydrogen-bond acceptors (Lipinski definition) is 3. The van der Waals surface area contributed by atoms with Crippen LogP contribution in [0.2, 0.25) is 5.02 Å². The number of rotatable bonds is 4. The number of fused-ring (bicyclic) bond motifs is 1. The van der Waals surface area contributed by atoms with E-state index in [-0.39, 0.29) is 5.91 Å². The number of para-hydroxylation sites is 1. The van der Waals surface area contributed by atoms with E-state index < -0.39 is 0 Å². The van der Waals surface area contributed by atoms with Crippen molar-refractivity contribution >= 4 is 61.7 Å². The van der Waals surface area contributed by atoms with Gasteiger partial charge in [0.1, 0.15) is 0 Å². The first-order valence-electron chi connectivity index (χ1n) is 7.22. The number of amides is 1.